The summed E-state index contributed by atoms with van der Waals surface area (Å²) in [6, 6.07) is 6.13. The van der Waals surface area contributed by atoms with Crippen LogP contribution in [0.4, 0.5) is 11.4 Å². The van der Waals surface area contributed by atoms with E-state index in [0.717, 1.165) is 18.7 Å². The number of hydrogen-bond acceptors (Lipinski definition) is 3. The Morgan fingerprint density at radius 2 is 2.00 bits per heavy atom. The Hall–Kier alpha value is -1.71. The van der Waals surface area contributed by atoms with Gasteiger partial charge in [-0.3, -0.25) is 4.79 Å². The number of nitrogens with zero attached hydrogens (tertiary/aromatic N) is 1. The van der Waals surface area contributed by atoms with Gasteiger partial charge < -0.3 is 16.4 Å². The first-order valence-electron chi connectivity index (χ1n) is 7.95. The molecule has 4 N–H and O–H groups in total. The smallest absolute Gasteiger partial charge is 0.250 e. The van der Waals surface area contributed by atoms with Crippen molar-refractivity contribution in [3.05, 3.63) is 23.8 Å². The van der Waals surface area contributed by atoms with Gasteiger partial charge in [-0.05, 0) is 37.3 Å². The summed E-state index contributed by atoms with van der Waals surface area (Å²) >= 11 is 0. The molecular weight excluding hydrogens is 262 g/mol. The highest BCUT2D eigenvalue weighted by atomic mass is 16.1. The van der Waals surface area contributed by atoms with Crippen LogP contribution in [0.15, 0.2) is 18.2 Å². The van der Waals surface area contributed by atoms with Gasteiger partial charge in [-0.2, -0.15) is 0 Å². The van der Waals surface area contributed by atoms with Crippen molar-refractivity contribution in [2.75, 3.05) is 17.2 Å². The minimum atomic E-state index is -0.454. The zero-order valence-electron chi connectivity index (χ0n) is 13.1. The van der Waals surface area contributed by atoms with Crippen LogP contribution in [0.25, 0.3) is 0 Å². The Morgan fingerprint density at radius 1 is 1.33 bits per heavy atom. The van der Waals surface area contributed by atoms with Crippen LogP contribution in [0.5, 0.6) is 0 Å². The third-order valence-electron chi connectivity index (χ3n) is 4.37. The third kappa shape index (κ3) is 3.69. The molecule has 21 heavy (non-hydrogen) atoms. The third-order valence-corrected chi connectivity index (χ3v) is 4.37. The van der Waals surface area contributed by atoms with E-state index in [9.17, 15) is 4.79 Å². The summed E-state index contributed by atoms with van der Waals surface area (Å²) in [7, 11) is 0. The van der Waals surface area contributed by atoms with Gasteiger partial charge >= 0.3 is 0 Å². The van der Waals surface area contributed by atoms with Crippen molar-refractivity contribution in [1.82, 2.24) is 0 Å². The van der Waals surface area contributed by atoms with Gasteiger partial charge in [-0.1, -0.05) is 32.8 Å². The normalized spacial score (nSPS) is 15.6. The van der Waals surface area contributed by atoms with Crippen molar-refractivity contribution in [3.8, 4) is 0 Å². The fraction of sp³-hybridized carbons (Fsp3) is 0.588. The number of rotatable bonds is 6. The van der Waals surface area contributed by atoms with Crippen LogP contribution in [0.3, 0.4) is 0 Å². The minimum Gasteiger partial charge on any atom is -0.396 e. The molecule has 116 valence electrons. The Balaban J connectivity index is 2.31. The van der Waals surface area contributed by atoms with Gasteiger partial charge in [0, 0.05) is 12.6 Å². The summed E-state index contributed by atoms with van der Waals surface area (Å²) in [4.78, 5) is 13.9. The van der Waals surface area contributed by atoms with Gasteiger partial charge in [0.25, 0.3) is 5.91 Å². The average Bonchev–Trinajstić information content (AvgIpc) is 2.94. The lowest BCUT2D eigenvalue weighted by atomic mass is 10.1. The average molecular weight is 289 g/mol. The monoisotopic (exact) mass is 289 g/mol. The summed E-state index contributed by atoms with van der Waals surface area (Å²) in [5, 5.41) is 0. The Morgan fingerprint density at radius 3 is 2.57 bits per heavy atom. The summed E-state index contributed by atoms with van der Waals surface area (Å²) in [6.07, 6.45) is 6.09. The molecule has 1 saturated carbocycles. The zero-order valence-corrected chi connectivity index (χ0v) is 13.1. The molecule has 0 heterocycles. The first-order valence-corrected chi connectivity index (χ1v) is 7.95. The second kappa shape index (κ2) is 6.83. The molecule has 1 amide bonds. The highest BCUT2D eigenvalue weighted by Crippen LogP contribution is 2.33. The molecule has 2 rings (SSSR count). The molecule has 0 saturated heterocycles. The minimum absolute atomic E-state index is 0.431. The maximum absolute atomic E-state index is 11.5. The number of benzene rings is 1. The molecule has 0 spiro atoms. The summed E-state index contributed by atoms with van der Waals surface area (Å²) < 4.78 is 0. The van der Waals surface area contributed by atoms with Gasteiger partial charge in [0.15, 0.2) is 0 Å². The van der Waals surface area contributed by atoms with Gasteiger partial charge in [0.2, 0.25) is 0 Å². The molecule has 4 heteroatoms. The SMILES string of the molecule is CC(C)CCN(c1cccc(C(N)=O)c1N)C1CCCC1. The summed E-state index contributed by atoms with van der Waals surface area (Å²) in [6.45, 7) is 5.45. The van der Waals surface area contributed by atoms with Crippen LogP contribution in [0, 0.1) is 5.92 Å². The van der Waals surface area contributed by atoms with Crippen LogP contribution in [0.2, 0.25) is 0 Å². The molecule has 0 atom stereocenters. The van der Waals surface area contributed by atoms with Crippen LogP contribution in [-0.4, -0.2) is 18.5 Å². The largest absolute Gasteiger partial charge is 0.396 e. The van der Waals surface area contributed by atoms with Crippen molar-refractivity contribution in [3.63, 3.8) is 0 Å². The number of anilines is 2. The van der Waals surface area contributed by atoms with Crippen molar-refractivity contribution in [2.45, 2.75) is 52.0 Å². The van der Waals surface area contributed by atoms with E-state index >= 15 is 0 Å². The van der Waals surface area contributed by atoms with Crippen molar-refractivity contribution in [1.29, 1.82) is 0 Å². The fourth-order valence-corrected chi connectivity index (χ4v) is 3.13. The van der Waals surface area contributed by atoms with E-state index in [-0.39, 0.29) is 0 Å². The van der Waals surface area contributed by atoms with Crippen molar-refractivity contribution >= 4 is 17.3 Å². The lowest BCUT2D eigenvalue weighted by Gasteiger charge is -2.33. The lowest BCUT2D eigenvalue weighted by molar-refractivity contribution is 0.100. The molecule has 0 aliphatic heterocycles. The molecule has 0 unspecified atom stereocenters. The first-order chi connectivity index (χ1) is 10.0. The second-order valence-corrected chi connectivity index (χ2v) is 6.42. The maximum atomic E-state index is 11.5. The standard InChI is InChI=1S/C17H27N3O/c1-12(2)10-11-20(13-6-3-4-7-13)15-9-5-8-14(16(15)18)17(19)21/h5,8-9,12-13H,3-4,6-7,10-11,18H2,1-2H3,(H2,19,21). The van der Waals surface area contributed by atoms with E-state index in [1.54, 1.807) is 6.07 Å². The molecule has 1 aromatic carbocycles. The number of nitrogen functional groups attached to an aromatic ring is 1. The Bertz CT molecular complexity index is 493. The Kier molecular flexibility index (Phi) is 5.10. The predicted molar refractivity (Wildman–Crippen MR) is 88.4 cm³/mol. The maximum Gasteiger partial charge on any atom is 0.250 e. The number of primary amides is 1. The molecule has 1 fully saturated rings. The fourth-order valence-electron chi connectivity index (χ4n) is 3.13. The number of hydrogen-bond donors (Lipinski definition) is 2. The molecule has 1 aromatic rings. The van der Waals surface area contributed by atoms with E-state index < -0.39 is 5.91 Å². The highest BCUT2D eigenvalue weighted by Gasteiger charge is 2.25. The first kappa shape index (κ1) is 15.7. The topological polar surface area (TPSA) is 72.3 Å². The van der Waals surface area contributed by atoms with E-state index in [1.807, 2.05) is 12.1 Å². The summed E-state index contributed by atoms with van der Waals surface area (Å²) in [5.74, 6) is 0.194. The molecule has 0 radical (unpaired) electrons. The van der Waals surface area contributed by atoms with E-state index in [0.29, 0.717) is 23.2 Å². The van der Waals surface area contributed by atoms with Gasteiger partial charge in [0.1, 0.15) is 0 Å². The van der Waals surface area contributed by atoms with E-state index in [1.165, 1.54) is 25.7 Å². The number of carbonyl (C=O) groups is 1. The highest BCUT2D eigenvalue weighted by molar-refractivity contribution is 6.00. The van der Waals surface area contributed by atoms with E-state index in [4.69, 9.17) is 11.5 Å². The number of amides is 1. The number of para-hydroxylation sites is 1. The quantitative estimate of drug-likeness (QED) is 0.790. The zero-order chi connectivity index (χ0) is 15.4. The van der Waals surface area contributed by atoms with Crippen LogP contribution in [0.1, 0.15) is 56.3 Å². The van der Waals surface area contributed by atoms with Gasteiger partial charge in [-0.25, -0.2) is 0 Å². The van der Waals surface area contributed by atoms with Gasteiger partial charge in [-0.15, -0.1) is 0 Å². The van der Waals surface area contributed by atoms with Crippen molar-refractivity contribution < 1.29 is 4.79 Å². The molecular formula is C17H27N3O. The van der Waals surface area contributed by atoms with Crippen LogP contribution >= 0.6 is 0 Å². The molecule has 0 aromatic heterocycles. The predicted octanol–water partition coefficient (Wildman–Crippen LogP) is 3.16. The number of nitrogens with two attached hydrogens (primary N) is 2. The summed E-state index contributed by atoms with van der Waals surface area (Å²) in [5.41, 5.74) is 13.6. The van der Waals surface area contributed by atoms with Crippen LogP contribution in [-0.2, 0) is 0 Å². The van der Waals surface area contributed by atoms with Crippen LogP contribution < -0.4 is 16.4 Å². The molecule has 4 nitrogen and oxygen atoms in total. The van der Waals surface area contributed by atoms with E-state index in [2.05, 4.69) is 18.7 Å². The molecule has 1 aliphatic rings. The van der Waals surface area contributed by atoms with Crippen molar-refractivity contribution in [2.24, 2.45) is 11.7 Å². The number of carbonyl (C=O) groups excluding carboxylic acids is 1. The molecule has 1 aliphatic carbocycles. The Labute approximate surface area is 127 Å². The lowest BCUT2D eigenvalue weighted by Crippen LogP contribution is -2.35. The van der Waals surface area contributed by atoms with Gasteiger partial charge in [0.05, 0.1) is 16.9 Å². The molecule has 0 bridgehead atoms. The second-order valence-electron chi connectivity index (χ2n) is 6.42.